The Bertz CT molecular complexity index is 850. The van der Waals surface area contributed by atoms with E-state index in [0.717, 1.165) is 4.57 Å². The summed E-state index contributed by atoms with van der Waals surface area (Å²) in [5.74, 6) is 0. The highest BCUT2D eigenvalue weighted by Gasteiger charge is 2.38. The maximum atomic E-state index is 11.8. The topological polar surface area (TPSA) is 212 Å². The highest BCUT2D eigenvalue weighted by atomic mass is 31.3. The zero-order chi connectivity index (χ0) is 19.0. The quantitative estimate of drug-likeness (QED) is 0.283. The van der Waals surface area contributed by atoms with Crippen LogP contribution in [0.15, 0.2) is 15.8 Å². The lowest BCUT2D eigenvalue weighted by Gasteiger charge is -2.20. The number of phosphoric acid groups is 1. The molecule has 1 fully saturated rings. The van der Waals surface area contributed by atoms with Crippen LogP contribution in [0.3, 0.4) is 0 Å². The Morgan fingerprint density at radius 1 is 1.42 bits per heavy atom. The first kappa shape index (κ1) is 23.0. The van der Waals surface area contributed by atoms with E-state index in [2.05, 4.69) is 13.8 Å². The van der Waals surface area contributed by atoms with Crippen LogP contribution >= 0.6 is 15.3 Å². The van der Waals surface area contributed by atoms with Crippen molar-refractivity contribution in [2.24, 2.45) is 0 Å². The lowest BCUT2D eigenvalue weighted by molar-refractivity contribution is -0.0417. The molecule has 1 aromatic rings. The Hall–Kier alpha value is -1.08. The minimum Gasteiger partial charge on any atom is -0.390 e. The van der Waals surface area contributed by atoms with Crippen LogP contribution in [0.2, 0.25) is 0 Å². The predicted molar refractivity (Wildman–Crippen MR) is 88.1 cm³/mol. The van der Waals surface area contributed by atoms with Gasteiger partial charge in [0.15, 0.2) is 0 Å². The normalized spacial score (nSPS) is 25.5. The van der Waals surface area contributed by atoms with Crippen molar-refractivity contribution in [3.8, 4) is 0 Å². The largest absolute Gasteiger partial charge is 0.476 e. The van der Waals surface area contributed by atoms with E-state index >= 15 is 0 Å². The minimum atomic E-state index is -5.14. The molecule has 1 aromatic heterocycles. The Balaban J connectivity index is 0.00000338. The van der Waals surface area contributed by atoms with Gasteiger partial charge in [-0.05, 0) is 6.92 Å². The summed E-state index contributed by atoms with van der Waals surface area (Å²) in [6, 6.07) is 0. The molecule has 2 radical (unpaired) electrons. The number of aliphatic hydroxyl groups excluding tert-OH is 1. The van der Waals surface area contributed by atoms with Gasteiger partial charge in [0.25, 0.3) is 13.0 Å². The van der Waals surface area contributed by atoms with E-state index in [1.807, 2.05) is 0 Å². The van der Waals surface area contributed by atoms with Crippen LogP contribution < -0.4 is 17.4 Å². The Kier molecular flexibility index (Phi) is 7.33. The molecule has 1 unspecified atom stereocenters. The first-order valence-corrected chi connectivity index (χ1v) is 9.98. The van der Waals surface area contributed by atoms with Crippen molar-refractivity contribution in [3.63, 3.8) is 0 Å². The summed E-state index contributed by atoms with van der Waals surface area (Å²) in [4.78, 5) is 42.4. The molecular formula is C10H18BN3O10P2. The molecule has 1 saturated heterocycles. The van der Waals surface area contributed by atoms with Crippen LogP contribution in [0.4, 0.5) is 0 Å². The van der Waals surface area contributed by atoms with E-state index in [1.54, 1.807) is 0 Å². The van der Waals surface area contributed by atoms with Crippen molar-refractivity contribution in [1.82, 2.24) is 15.7 Å². The SMILES string of the molecule is N.[B]P(=O)(OC[C@H]1O[C@@H](n2cc(C)c(=O)[nH]c2=O)C[C@@H]1O)OP(=O)(O)O. The summed E-state index contributed by atoms with van der Waals surface area (Å²) < 4.78 is 37.1. The van der Waals surface area contributed by atoms with Crippen LogP contribution in [0, 0.1) is 6.92 Å². The number of hydrogen-bond acceptors (Lipinski definition) is 9. The lowest BCUT2D eigenvalue weighted by atomic mass is 10.2. The van der Waals surface area contributed by atoms with Gasteiger partial charge in [0.05, 0.1) is 12.7 Å². The summed E-state index contributed by atoms with van der Waals surface area (Å²) in [7, 11) is -4.70. The van der Waals surface area contributed by atoms with Crippen LogP contribution in [0.25, 0.3) is 0 Å². The Morgan fingerprint density at radius 3 is 2.62 bits per heavy atom. The molecule has 146 valence electrons. The molecule has 0 aromatic carbocycles. The summed E-state index contributed by atoms with van der Waals surface area (Å²) in [6.45, 7) is 0.868. The minimum absolute atomic E-state index is 0. The number of nitrogens with zero attached hydrogens (tertiary/aromatic N) is 1. The maximum Gasteiger partial charge on any atom is 0.476 e. The van der Waals surface area contributed by atoms with Gasteiger partial charge in [-0.1, -0.05) is 0 Å². The molecule has 13 nitrogen and oxygen atoms in total. The molecule has 0 amide bonds. The molecular weight excluding hydrogens is 395 g/mol. The molecule has 0 spiro atoms. The summed E-state index contributed by atoms with van der Waals surface area (Å²) in [5, 5.41) is 9.95. The second kappa shape index (κ2) is 8.30. The number of nitrogens with one attached hydrogen (secondary N) is 1. The van der Waals surface area contributed by atoms with Gasteiger partial charge >= 0.3 is 13.5 Å². The Labute approximate surface area is 148 Å². The zero-order valence-electron chi connectivity index (χ0n) is 13.5. The molecule has 0 bridgehead atoms. The molecule has 2 heterocycles. The number of aromatic amines is 1. The predicted octanol–water partition coefficient (Wildman–Crippen LogP) is -0.942. The first-order chi connectivity index (χ1) is 11.4. The molecule has 26 heavy (non-hydrogen) atoms. The van der Waals surface area contributed by atoms with Gasteiger partial charge in [0.2, 0.25) is 7.57 Å². The number of ether oxygens (including phenoxy) is 1. The van der Waals surface area contributed by atoms with Gasteiger partial charge < -0.3 is 30.3 Å². The molecule has 4 atom stereocenters. The van der Waals surface area contributed by atoms with Crippen LogP contribution in [0.1, 0.15) is 18.2 Å². The number of aryl methyl sites for hydroxylation is 1. The number of aliphatic hydroxyl groups is 1. The van der Waals surface area contributed by atoms with Gasteiger partial charge in [-0.3, -0.25) is 18.9 Å². The average molecular weight is 413 g/mol. The maximum absolute atomic E-state index is 11.8. The number of hydrogen-bond donors (Lipinski definition) is 5. The van der Waals surface area contributed by atoms with E-state index in [-0.39, 0.29) is 18.1 Å². The van der Waals surface area contributed by atoms with E-state index in [0.29, 0.717) is 0 Å². The zero-order valence-corrected chi connectivity index (χ0v) is 15.3. The van der Waals surface area contributed by atoms with Crippen molar-refractivity contribution in [2.45, 2.75) is 31.8 Å². The third kappa shape index (κ3) is 5.98. The van der Waals surface area contributed by atoms with E-state index < -0.39 is 51.6 Å². The van der Waals surface area contributed by atoms with Crippen LogP contribution in [0.5, 0.6) is 0 Å². The molecule has 0 aliphatic carbocycles. The van der Waals surface area contributed by atoms with Crippen molar-refractivity contribution in [1.29, 1.82) is 0 Å². The van der Waals surface area contributed by atoms with Crippen molar-refractivity contribution in [2.75, 3.05) is 6.61 Å². The smallest absolute Gasteiger partial charge is 0.390 e. The van der Waals surface area contributed by atoms with Crippen LogP contribution in [-0.4, -0.2) is 50.8 Å². The van der Waals surface area contributed by atoms with Gasteiger partial charge in [-0.25, -0.2) is 13.7 Å². The standard InChI is InChI=1S/C10H15BN2O10P2.H3N/c1-5-3-13(10(16)12-9(5)15)8-2-6(14)7(22-8)4-21-24(11,17)23-25(18,19)20;/h3,6-8,14H,2,4H2,1H3,(H,12,15,16)(H2,18,19,20);1H3/t6-,7+,8+,24?;/m0./s1. The second-order valence-electron chi connectivity index (χ2n) is 5.32. The molecule has 1 aliphatic heterocycles. The van der Waals surface area contributed by atoms with Gasteiger partial charge in [0.1, 0.15) is 12.3 Å². The van der Waals surface area contributed by atoms with E-state index in [4.69, 9.17) is 22.1 Å². The molecule has 0 saturated carbocycles. The van der Waals surface area contributed by atoms with Crippen molar-refractivity contribution in [3.05, 3.63) is 32.6 Å². The van der Waals surface area contributed by atoms with E-state index in [1.165, 1.54) is 13.1 Å². The third-order valence-corrected chi connectivity index (χ3v) is 5.57. The summed E-state index contributed by atoms with van der Waals surface area (Å²) in [5.41, 5.74) is -1.05. The first-order valence-electron chi connectivity index (χ1n) is 6.83. The molecule has 7 N–H and O–H groups in total. The fraction of sp³-hybridized carbons (Fsp3) is 0.600. The van der Waals surface area contributed by atoms with Gasteiger partial charge in [-0.15, -0.1) is 0 Å². The van der Waals surface area contributed by atoms with Crippen molar-refractivity contribution >= 4 is 22.9 Å². The summed E-state index contributed by atoms with van der Waals surface area (Å²) in [6.07, 6.45) is -1.98. The molecule has 2 rings (SSSR count). The third-order valence-electron chi connectivity index (χ3n) is 3.30. The lowest BCUT2D eigenvalue weighted by Crippen LogP contribution is -2.33. The van der Waals surface area contributed by atoms with E-state index in [9.17, 15) is 23.8 Å². The highest BCUT2D eigenvalue weighted by molar-refractivity contribution is 7.83. The van der Waals surface area contributed by atoms with Crippen LogP contribution in [-0.2, 0) is 22.7 Å². The fourth-order valence-electron chi connectivity index (χ4n) is 2.19. The number of aromatic nitrogens is 2. The fourth-order valence-corrected chi connectivity index (χ4v) is 3.91. The van der Waals surface area contributed by atoms with Gasteiger partial charge in [0, 0.05) is 18.2 Å². The summed E-state index contributed by atoms with van der Waals surface area (Å²) >= 11 is 0. The average Bonchev–Trinajstić information content (AvgIpc) is 2.79. The van der Waals surface area contributed by atoms with Gasteiger partial charge in [-0.2, -0.15) is 0 Å². The monoisotopic (exact) mass is 413 g/mol. The Morgan fingerprint density at radius 2 is 2.04 bits per heavy atom. The van der Waals surface area contributed by atoms with Crippen molar-refractivity contribution < 1.29 is 37.6 Å². The molecule has 16 heteroatoms. The number of rotatable bonds is 6. The highest BCUT2D eigenvalue weighted by Crippen LogP contribution is 2.57. The second-order valence-corrected chi connectivity index (χ2v) is 8.29. The number of H-pyrrole nitrogens is 1. The molecule has 1 aliphatic rings.